The zero-order valence-corrected chi connectivity index (χ0v) is 18.6. The van der Waals surface area contributed by atoms with Crippen molar-refractivity contribution in [3.8, 4) is 17.2 Å². The van der Waals surface area contributed by atoms with Gasteiger partial charge in [-0.3, -0.25) is 4.79 Å². The molecule has 0 unspecified atom stereocenters. The van der Waals surface area contributed by atoms with E-state index < -0.39 is 5.82 Å². The molecule has 34 heavy (non-hydrogen) atoms. The zero-order chi connectivity index (χ0) is 24.0. The van der Waals surface area contributed by atoms with Crippen LogP contribution >= 0.6 is 0 Å². The molecule has 5 aromatic rings. The molecule has 0 radical (unpaired) electrons. The van der Waals surface area contributed by atoms with Gasteiger partial charge in [0.25, 0.3) is 0 Å². The monoisotopic (exact) mass is 455 g/mol. The topological polar surface area (TPSA) is 112 Å². The standard InChI is InChI=1S/C26H22FN5O2/c1-14-9-16-11-22(31-21(16)12-20(14)28)25(33)18-13-30-32(26(18)29)23-8-7-17(10-15(23)2)34-24-6-4-3-5-19(24)27/h3-13,31H,28-29H2,1-2H3. The Hall–Kier alpha value is -4.59. The number of carbonyl (C=O) groups excluding carboxylic acids is 1. The van der Waals surface area contributed by atoms with Gasteiger partial charge in [-0.1, -0.05) is 12.1 Å². The average Bonchev–Trinajstić information content (AvgIpc) is 3.39. The number of carbonyl (C=O) groups is 1. The van der Waals surface area contributed by atoms with Gasteiger partial charge < -0.3 is 21.2 Å². The van der Waals surface area contributed by atoms with Crippen LogP contribution in [-0.4, -0.2) is 20.5 Å². The molecular weight excluding hydrogens is 433 g/mol. The molecule has 0 aliphatic rings. The molecule has 170 valence electrons. The number of hydrogen-bond acceptors (Lipinski definition) is 5. The Morgan fingerprint density at radius 3 is 2.59 bits per heavy atom. The van der Waals surface area contributed by atoms with E-state index in [-0.39, 0.29) is 22.9 Å². The number of aromatic nitrogens is 3. The minimum atomic E-state index is -0.446. The van der Waals surface area contributed by atoms with E-state index in [4.69, 9.17) is 16.2 Å². The van der Waals surface area contributed by atoms with E-state index >= 15 is 0 Å². The quantitative estimate of drug-likeness (QED) is 0.246. The first-order valence-electron chi connectivity index (χ1n) is 10.6. The largest absolute Gasteiger partial charge is 0.454 e. The summed E-state index contributed by atoms with van der Waals surface area (Å²) in [6, 6.07) is 16.9. The van der Waals surface area contributed by atoms with Gasteiger partial charge in [0.05, 0.1) is 23.1 Å². The summed E-state index contributed by atoms with van der Waals surface area (Å²) in [5.41, 5.74) is 16.8. The van der Waals surface area contributed by atoms with Crippen molar-refractivity contribution in [1.82, 2.24) is 14.8 Å². The summed E-state index contributed by atoms with van der Waals surface area (Å²) in [4.78, 5) is 16.3. The Kier molecular flexibility index (Phi) is 5.05. The molecule has 0 saturated carbocycles. The molecule has 0 spiro atoms. The fourth-order valence-corrected chi connectivity index (χ4v) is 3.89. The number of anilines is 2. The van der Waals surface area contributed by atoms with Crippen LogP contribution < -0.4 is 16.2 Å². The lowest BCUT2D eigenvalue weighted by Crippen LogP contribution is -2.08. The highest BCUT2D eigenvalue weighted by Gasteiger charge is 2.20. The van der Waals surface area contributed by atoms with Crippen LogP contribution in [0.5, 0.6) is 11.5 Å². The van der Waals surface area contributed by atoms with Crippen molar-refractivity contribution >= 4 is 28.2 Å². The van der Waals surface area contributed by atoms with E-state index in [1.165, 1.54) is 16.9 Å². The lowest BCUT2D eigenvalue weighted by atomic mass is 10.1. The Morgan fingerprint density at radius 1 is 1.03 bits per heavy atom. The highest BCUT2D eigenvalue weighted by molar-refractivity contribution is 6.12. The Bertz CT molecular complexity index is 1530. The minimum absolute atomic E-state index is 0.136. The molecule has 8 heteroatoms. The molecule has 7 nitrogen and oxygen atoms in total. The number of ether oxygens (including phenoxy) is 1. The van der Waals surface area contributed by atoms with Gasteiger partial charge in [-0.05, 0) is 73.5 Å². The van der Waals surface area contributed by atoms with Crippen LogP contribution in [-0.2, 0) is 0 Å². The third-order valence-corrected chi connectivity index (χ3v) is 5.76. The maximum atomic E-state index is 13.9. The van der Waals surface area contributed by atoms with Crippen molar-refractivity contribution in [3.63, 3.8) is 0 Å². The first-order chi connectivity index (χ1) is 16.3. The van der Waals surface area contributed by atoms with Gasteiger partial charge in [0.1, 0.15) is 11.6 Å². The molecule has 5 N–H and O–H groups in total. The van der Waals surface area contributed by atoms with E-state index in [2.05, 4.69) is 10.1 Å². The molecule has 0 amide bonds. The summed E-state index contributed by atoms with van der Waals surface area (Å²) in [5, 5.41) is 5.23. The van der Waals surface area contributed by atoms with Crippen molar-refractivity contribution in [1.29, 1.82) is 0 Å². The van der Waals surface area contributed by atoms with Crippen molar-refractivity contribution in [3.05, 3.63) is 95.1 Å². The van der Waals surface area contributed by atoms with Gasteiger partial charge in [-0.25, -0.2) is 9.07 Å². The maximum Gasteiger partial charge on any atom is 0.214 e. The summed E-state index contributed by atoms with van der Waals surface area (Å²) in [7, 11) is 0. The van der Waals surface area contributed by atoms with Gasteiger partial charge in [0.15, 0.2) is 11.6 Å². The molecule has 3 aromatic carbocycles. The van der Waals surface area contributed by atoms with Crippen molar-refractivity contribution in [2.24, 2.45) is 0 Å². The third-order valence-electron chi connectivity index (χ3n) is 5.76. The molecule has 0 aliphatic carbocycles. The van der Waals surface area contributed by atoms with E-state index in [0.717, 1.165) is 22.0 Å². The summed E-state index contributed by atoms with van der Waals surface area (Å²) in [6.07, 6.45) is 1.45. The van der Waals surface area contributed by atoms with Crippen LogP contribution in [0.25, 0.3) is 16.6 Å². The predicted molar refractivity (Wildman–Crippen MR) is 130 cm³/mol. The van der Waals surface area contributed by atoms with Gasteiger partial charge >= 0.3 is 0 Å². The highest BCUT2D eigenvalue weighted by atomic mass is 19.1. The normalized spacial score (nSPS) is 11.1. The second-order valence-corrected chi connectivity index (χ2v) is 8.14. The lowest BCUT2D eigenvalue weighted by Gasteiger charge is -2.12. The number of halogens is 1. The number of benzene rings is 3. The second-order valence-electron chi connectivity index (χ2n) is 8.14. The number of nitrogens with two attached hydrogens (primary N) is 2. The minimum Gasteiger partial charge on any atom is -0.454 e. The van der Waals surface area contributed by atoms with Crippen LogP contribution in [0.4, 0.5) is 15.9 Å². The zero-order valence-electron chi connectivity index (χ0n) is 18.6. The number of ketones is 1. The number of nitrogens with one attached hydrogen (secondary N) is 1. The molecule has 0 aliphatic heterocycles. The predicted octanol–water partition coefficient (Wildman–Crippen LogP) is 5.30. The van der Waals surface area contributed by atoms with E-state index in [9.17, 15) is 9.18 Å². The highest BCUT2D eigenvalue weighted by Crippen LogP contribution is 2.29. The van der Waals surface area contributed by atoms with Crippen LogP contribution in [0, 0.1) is 19.7 Å². The number of aryl methyl sites for hydroxylation is 2. The van der Waals surface area contributed by atoms with Crippen LogP contribution in [0.1, 0.15) is 27.2 Å². The second kappa shape index (κ2) is 8.08. The molecular formula is C26H22FN5O2. The molecule has 2 aromatic heterocycles. The van der Waals surface area contributed by atoms with Gasteiger partial charge in [-0.15, -0.1) is 0 Å². The fourth-order valence-electron chi connectivity index (χ4n) is 3.89. The molecule has 0 saturated heterocycles. The number of nitrogen functional groups attached to an aromatic ring is 2. The number of aromatic amines is 1. The molecule has 2 heterocycles. The Labute approximate surface area is 194 Å². The summed E-state index contributed by atoms with van der Waals surface area (Å²) in [6.45, 7) is 3.77. The van der Waals surface area contributed by atoms with E-state index in [1.54, 1.807) is 42.5 Å². The number of fused-ring (bicyclic) bond motifs is 1. The van der Waals surface area contributed by atoms with Crippen molar-refractivity contribution in [2.75, 3.05) is 11.5 Å². The van der Waals surface area contributed by atoms with Gasteiger partial charge in [-0.2, -0.15) is 5.10 Å². The number of hydrogen-bond donors (Lipinski definition) is 3. The lowest BCUT2D eigenvalue weighted by molar-refractivity contribution is 0.103. The number of nitrogens with zero attached hydrogens (tertiary/aromatic N) is 2. The van der Waals surface area contributed by atoms with E-state index in [0.29, 0.717) is 22.8 Å². The SMILES string of the molecule is Cc1cc2cc(C(=O)c3cnn(-c4ccc(Oc5ccccc5F)cc4C)c3N)[nH]c2cc1N. The van der Waals surface area contributed by atoms with E-state index in [1.807, 2.05) is 26.0 Å². The smallest absolute Gasteiger partial charge is 0.214 e. The fraction of sp³-hybridized carbons (Fsp3) is 0.0769. The molecule has 5 rings (SSSR count). The average molecular weight is 455 g/mol. The van der Waals surface area contributed by atoms with Crippen LogP contribution in [0.15, 0.2) is 66.9 Å². The number of rotatable bonds is 5. The third kappa shape index (κ3) is 3.65. The molecule has 0 atom stereocenters. The first-order valence-corrected chi connectivity index (χ1v) is 10.6. The molecule has 0 bridgehead atoms. The summed E-state index contributed by atoms with van der Waals surface area (Å²) in [5.74, 6) is 0.106. The number of para-hydroxylation sites is 1. The van der Waals surface area contributed by atoms with Gasteiger partial charge in [0, 0.05) is 16.6 Å². The van der Waals surface area contributed by atoms with Crippen molar-refractivity contribution < 1.29 is 13.9 Å². The van der Waals surface area contributed by atoms with Gasteiger partial charge in [0.2, 0.25) is 5.78 Å². The Morgan fingerprint density at radius 2 is 1.82 bits per heavy atom. The first kappa shape index (κ1) is 21.3. The van der Waals surface area contributed by atoms with Crippen molar-refractivity contribution in [2.45, 2.75) is 13.8 Å². The summed E-state index contributed by atoms with van der Waals surface area (Å²) < 4.78 is 21.1. The van der Waals surface area contributed by atoms with Crippen LogP contribution in [0.3, 0.4) is 0 Å². The van der Waals surface area contributed by atoms with Crippen LogP contribution in [0.2, 0.25) is 0 Å². The molecule has 0 fully saturated rings. The maximum absolute atomic E-state index is 13.9. The Balaban J connectivity index is 1.44. The number of H-pyrrole nitrogens is 1. The summed E-state index contributed by atoms with van der Waals surface area (Å²) >= 11 is 0.